The molecular weight excluding hydrogens is 306 g/mol. The summed E-state index contributed by atoms with van der Waals surface area (Å²) in [6.07, 6.45) is 3.61. The SMILES string of the molecule is CCOC(=O)c1cnc2ccccc2c1NCC(=O)N1CCCC1. The lowest BCUT2D eigenvalue weighted by atomic mass is 10.1. The Kier molecular flexibility index (Phi) is 4.93. The van der Waals surface area contributed by atoms with Gasteiger partial charge in [0.05, 0.1) is 24.4 Å². The smallest absolute Gasteiger partial charge is 0.341 e. The summed E-state index contributed by atoms with van der Waals surface area (Å²) in [7, 11) is 0. The van der Waals surface area contributed by atoms with E-state index < -0.39 is 5.97 Å². The van der Waals surface area contributed by atoms with Crippen LogP contribution in [0.25, 0.3) is 10.9 Å². The predicted molar refractivity (Wildman–Crippen MR) is 92.0 cm³/mol. The number of carbonyl (C=O) groups excluding carboxylic acids is 2. The van der Waals surface area contributed by atoms with Gasteiger partial charge in [-0.1, -0.05) is 18.2 Å². The van der Waals surface area contributed by atoms with Gasteiger partial charge in [-0.3, -0.25) is 9.78 Å². The number of para-hydroxylation sites is 1. The monoisotopic (exact) mass is 327 g/mol. The van der Waals surface area contributed by atoms with Crippen molar-refractivity contribution >= 4 is 28.5 Å². The quantitative estimate of drug-likeness (QED) is 0.854. The zero-order chi connectivity index (χ0) is 16.9. The van der Waals surface area contributed by atoms with Crippen LogP contribution in [0, 0.1) is 0 Å². The van der Waals surface area contributed by atoms with Crippen molar-refractivity contribution in [2.75, 3.05) is 31.6 Å². The number of benzene rings is 1. The molecule has 3 rings (SSSR count). The van der Waals surface area contributed by atoms with Crippen molar-refractivity contribution in [3.05, 3.63) is 36.0 Å². The van der Waals surface area contributed by atoms with Crippen LogP contribution in [0.1, 0.15) is 30.1 Å². The summed E-state index contributed by atoms with van der Waals surface area (Å²) < 4.78 is 5.11. The lowest BCUT2D eigenvalue weighted by Gasteiger charge is -2.18. The number of aromatic nitrogens is 1. The molecule has 0 unspecified atom stereocenters. The van der Waals surface area contributed by atoms with Gasteiger partial charge in [0.25, 0.3) is 0 Å². The molecule has 1 aromatic heterocycles. The molecule has 1 aliphatic rings. The molecule has 1 N–H and O–H groups in total. The Morgan fingerprint density at radius 3 is 2.75 bits per heavy atom. The third kappa shape index (κ3) is 3.32. The maximum absolute atomic E-state index is 12.3. The number of fused-ring (bicyclic) bond motifs is 1. The number of likely N-dealkylation sites (tertiary alicyclic amines) is 1. The van der Waals surface area contributed by atoms with Gasteiger partial charge >= 0.3 is 5.97 Å². The van der Waals surface area contributed by atoms with E-state index in [9.17, 15) is 9.59 Å². The van der Waals surface area contributed by atoms with E-state index in [1.54, 1.807) is 6.92 Å². The van der Waals surface area contributed by atoms with E-state index in [0.717, 1.165) is 36.8 Å². The first kappa shape index (κ1) is 16.2. The molecule has 1 amide bonds. The molecular formula is C18H21N3O3. The van der Waals surface area contributed by atoms with E-state index in [0.29, 0.717) is 11.3 Å². The number of anilines is 1. The third-order valence-electron chi connectivity index (χ3n) is 4.15. The Balaban J connectivity index is 1.89. The average molecular weight is 327 g/mol. The highest BCUT2D eigenvalue weighted by atomic mass is 16.5. The highest BCUT2D eigenvalue weighted by molar-refractivity contribution is 6.05. The molecule has 24 heavy (non-hydrogen) atoms. The number of hydrogen-bond acceptors (Lipinski definition) is 5. The Labute approximate surface area is 140 Å². The lowest BCUT2D eigenvalue weighted by molar-refractivity contribution is -0.128. The zero-order valence-corrected chi connectivity index (χ0v) is 13.7. The molecule has 1 saturated heterocycles. The van der Waals surface area contributed by atoms with Crippen molar-refractivity contribution in [2.24, 2.45) is 0 Å². The molecule has 0 spiro atoms. The summed E-state index contributed by atoms with van der Waals surface area (Å²) in [4.78, 5) is 30.7. The van der Waals surface area contributed by atoms with Crippen LogP contribution < -0.4 is 5.32 Å². The van der Waals surface area contributed by atoms with Gasteiger partial charge in [-0.2, -0.15) is 0 Å². The number of amides is 1. The van der Waals surface area contributed by atoms with Crippen LogP contribution in [0.4, 0.5) is 5.69 Å². The topological polar surface area (TPSA) is 71.5 Å². The maximum atomic E-state index is 12.3. The molecule has 0 radical (unpaired) electrons. The van der Waals surface area contributed by atoms with E-state index in [1.807, 2.05) is 29.2 Å². The van der Waals surface area contributed by atoms with Gasteiger partial charge < -0.3 is 15.0 Å². The van der Waals surface area contributed by atoms with Crippen LogP contribution in [-0.4, -0.2) is 48.0 Å². The van der Waals surface area contributed by atoms with Crippen LogP contribution in [0.15, 0.2) is 30.5 Å². The van der Waals surface area contributed by atoms with E-state index in [-0.39, 0.29) is 19.1 Å². The van der Waals surface area contributed by atoms with Crippen molar-refractivity contribution in [1.82, 2.24) is 9.88 Å². The molecule has 1 aromatic carbocycles. The van der Waals surface area contributed by atoms with E-state index in [1.165, 1.54) is 6.20 Å². The summed E-state index contributed by atoms with van der Waals surface area (Å²) in [5.74, 6) is -0.393. The second-order valence-corrected chi connectivity index (χ2v) is 5.73. The van der Waals surface area contributed by atoms with Crippen molar-refractivity contribution in [3.63, 3.8) is 0 Å². The van der Waals surface area contributed by atoms with Gasteiger partial charge in [0.15, 0.2) is 0 Å². The summed E-state index contributed by atoms with van der Waals surface area (Å²) in [5.41, 5.74) is 1.72. The molecule has 0 bridgehead atoms. The molecule has 2 aromatic rings. The van der Waals surface area contributed by atoms with Crippen molar-refractivity contribution < 1.29 is 14.3 Å². The average Bonchev–Trinajstić information content (AvgIpc) is 3.14. The van der Waals surface area contributed by atoms with Gasteiger partial charge in [0, 0.05) is 24.7 Å². The lowest BCUT2D eigenvalue weighted by Crippen LogP contribution is -2.33. The molecule has 126 valence electrons. The minimum absolute atomic E-state index is 0.0446. The minimum Gasteiger partial charge on any atom is -0.462 e. The Hall–Kier alpha value is -2.63. The van der Waals surface area contributed by atoms with Crippen LogP contribution in [-0.2, 0) is 9.53 Å². The highest BCUT2D eigenvalue weighted by Gasteiger charge is 2.20. The number of rotatable bonds is 5. The fourth-order valence-electron chi connectivity index (χ4n) is 2.94. The maximum Gasteiger partial charge on any atom is 0.341 e. The number of nitrogens with one attached hydrogen (secondary N) is 1. The number of pyridine rings is 1. The van der Waals surface area contributed by atoms with Gasteiger partial charge in [-0.15, -0.1) is 0 Å². The Morgan fingerprint density at radius 1 is 1.25 bits per heavy atom. The van der Waals surface area contributed by atoms with E-state index >= 15 is 0 Å². The van der Waals surface area contributed by atoms with Crippen LogP contribution in [0.3, 0.4) is 0 Å². The van der Waals surface area contributed by atoms with Crippen LogP contribution in [0.5, 0.6) is 0 Å². The molecule has 6 nitrogen and oxygen atoms in total. The summed E-state index contributed by atoms with van der Waals surface area (Å²) >= 11 is 0. The Morgan fingerprint density at radius 2 is 2.00 bits per heavy atom. The molecule has 2 heterocycles. The molecule has 0 aliphatic carbocycles. The summed E-state index contributed by atoms with van der Waals surface area (Å²) in [6, 6.07) is 7.52. The third-order valence-corrected chi connectivity index (χ3v) is 4.15. The molecule has 1 aliphatic heterocycles. The predicted octanol–water partition coefficient (Wildman–Crippen LogP) is 2.45. The number of esters is 1. The van der Waals surface area contributed by atoms with Crippen LogP contribution in [0.2, 0.25) is 0 Å². The molecule has 6 heteroatoms. The van der Waals surface area contributed by atoms with Crippen molar-refractivity contribution in [1.29, 1.82) is 0 Å². The van der Waals surface area contributed by atoms with E-state index in [4.69, 9.17) is 4.74 Å². The molecule has 0 atom stereocenters. The summed E-state index contributed by atoms with van der Waals surface area (Å²) in [5, 5.41) is 3.94. The number of carbonyl (C=O) groups is 2. The molecule has 0 saturated carbocycles. The van der Waals surface area contributed by atoms with Gasteiger partial charge in [-0.25, -0.2) is 4.79 Å². The fourth-order valence-corrected chi connectivity index (χ4v) is 2.94. The first-order valence-corrected chi connectivity index (χ1v) is 8.27. The first-order chi connectivity index (χ1) is 11.7. The highest BCUT2D eigenvalue weighted by Crippen LogP contribution is 2.26. The number of hydrogen-bond donors (Lipinski definition) is 1. The van der Waals surface area contributed by atoms with Crippen molar-refractivity contribution in [2.45, 2.75) is 19.8 Å². The summed E-state index contributed by atoms with van der Waals surface area (Å²) in [6.45, 7) is 3.82. The van der Waals surface area contributed by atoms with E-state index in [2.05, 4.69) is 10.3 Å². The largest absolute Gasteiger partial charge is 0.462 e. The second-order valence-electron chi connectivity index (χ2n) is 5.73. The van der Waals surface area contributed by atoms with Crippen molar-refractivity contribution in [3.8, 4) is 0 Å². The zero-order valence-electron chi connectivity index (χ0n) is 13.7. The second kappa shape index (κ2) is 7.29. The Bertz CT molecular complexity index is 754. The number of ether oxygens (including phenoxy) is 1. The van der Waals surface area contributed by atoms with Gasteiger partial charge in [0.1, 0.15) is 5.56 Å². The minimum atomic E-state index is -0.438. The van der Waals surface area contributed by atoms with Gasteiger partial charge in [-0.05, 0) is 25.8 Å². The molecule has 1 fully saturated rings. The van der Waals surface area contributed by atoms with Crippen LogP contribution >= 0.6 is 0 Å². The number of nitrogens with zero attached hydrogens (tertiary/aromatic N) is 2. The van der Waals surface area contributed by atoms with Gasteiger partial charge in [0.2, 0.25) is 5.91 Å². The normalized spacial score (nSPS) is 14.0. The standard InChI is InChI=1S/C18H21N3O3/c1-2-24-18(23)14-11-19-15-8-4-3-7-13(15)17(14)20-12-16(22)21-9-5-6-10-21/h3-4,7-8,11H,2,5-6,9-10,12H2,1H3,(H,19,20). The fraction of sp³-hybridized carbons (Fsp3) is 0.389. The first-order valence-electron chi connectivity index (χ1n) is 8.27.